The van der Waals surface area contributed by atoms with Crippen LogP contribution in [0.4, 0.5) is 4.39 Å². The maximum atomic E-state index is 12.8. The zero-order valence-corrected chi connectivity index (χ0v) is 11.7. The molecule has 0 aliphatic carbocycles. The average molecular weight is 238 g/mol. The third kappa shape index (κ3) is 3.44. The van der Waals surface area contributed by atoms with E-state index in [1.807, 2.05) is 12.1 Å². The van der Waals surface area contributed by atoms with Crippen molar-refractivity contribution in [2.45, 2.75) is 51.4 Å². The summed E-state index contributed by atoms with van der Waals surface area (Å²) < 4.78 is 12.8. The fraction of sp³-hybridized carbons (Fsp3) is 0.571. The average Bonchev–Trinajstić information content (AvgIpc) is 2.34. The first-order chi connectivity index (χ1) is 7.65. The molecule has 2 heteroatoms. The lowest BCUT2D eigenvalue weighted by atomic mass is 10.2. The number of hydrogen-bond donors (Lipinski definition) is 0. The summed E-state index contributed by atoms with van der Waals surface area (Å²) in [5, 5.41) is 0. The van der Waals surface area contributed by atoms with Gasteiger partial charge in [-0.2, -0.15) is 0 Å². The van der Waals surface area contributed by atoms with E-state index in [1.54, 1.807) is 12.1 Å². The largest absolute Gasteiger partial charge is 0.207 e. The van der Waals surface area contributed by atoms with Crippen molar-refractivity contribution in [2.24, 2.45) is 0 Å². The summed E-state index contributed by atoms with van der Waals surface area (Å²) in [4.78, 5) is 0. The molecular formula is C14H23FSi. The summed E-state index contributed by atoms with van der Waals surface area (Å²) in [5.41, 5.74) is 1.29. The molecule has 0 aromatic heterocycles. The standard InChI is InChI=1S/C14H23FSi/c1-4-16(5-2,6-3)12-11-13-7-9-14(15)10-8-13/h7-10H,4-6,11-12H2,1-3H3. The fourth-order valence-electron chi connectivity index (χ4n) is 2.34. The van der Waals surface area contributed by atoms with Crippen molar-refractivity contribution in [1.82, 2.24) is 0 Å². The lowest BCUT2D eigenvalue weighted by molar-refractivity contribution is 0.627. The summed E-state index contributed by atoms with van der Waals surface area (Å²) in [7, 11) is -1.01. The first-order valence-corrected chi connectivity index (χ1v) is 9.23. The van der Waals surface area contributed by atoms with E-state index in [0.717, 1.165) is 6.42 Å². The first-order valence-electron chi connectivity index (χ1n) is 6.40. The van der Waals surface area contributed by atoms with Crippen molar-refractivity contribution >= 4 is 8.07 Å². The quantitative estimate of drug-likeness (QED) is 0.620. The van der Waals surface area contributed by atoms with E-state index in [2.05, 4.69) is 20.8 Å². The Morgan fingerprint density at radius 1 is 0.938 bits per heavy atom. The van der Waals surface area contributed by atoms with Crippen molar-refractivity contribution < 1.29 is 4.39 Å². The van der Waals surface area contributed by atoms with E-state index in [4.69, 9.17) is 0 Å². The zero-order valence-electron chi connectivity index (χ0n) is 10.7. The van der Waals surface area contributed by atoms with Crippen LogP contribution in [0, 0.1) is 5.82 Å². The molecule has 16 heavy (non-hydrogen) atoms. The normalized spacial score (nSPS) is 11.8. The number of aryl methyl sites for hydroxylation is 1. The predicted octanol–water partition coefficient (Wildman–Crippen LogP) is 4.88. The number of benzene rings is 1. The first kappa shape index (κ1) is 13.4. The zero-order chi connectivity index (χ0) is 12.0. The Kier molecular flexibility index (Phi) is 5.20. The summed E-state index contributed by atoms with van der Waals surface area (Å²) in [5.74, 6) is -0.131. The Bertz CT molecular complexity index is 293. The molecule has 0 N–H and O–H groups in total. The second-order valence-corrected chi connectivity index (χ2v) is 10.3. The van der Waals surface area contributed by atoms with Crippen LogP contribution in [0.3, 0.4) is 0 Å². The predicted molar refractivity (Wildman–Crippen MR) is 72.1 cm³/mol. The summed E-state index contributed by atoms with van der Waals surface area (Å²) in [6, 6.07) is 12.5. The molecule has 0 aliphatic heterocycles. The Morgan fingerprint density at radius 3 is 1.88 bits per heavy atom. The van der Waals surface area contributed by atoms with Gasteiger partial charge in [0.2, 0.25) is 0 Å². The van der Waals surface area contributed by atoms with Crippen molar-refractivity contribution in [1.29, 1.82) is 0 Å². The second kappa shape index (κ2) is 6.19. The van der Waals surface area contributed by atoms with Crippen LogP contribution in [0.1, 0.15) is 26.3 Å². The molecule has 1 rings (SSSR count). The van der Waals surface area contributed by atoms with Gasteiger partial charge in [0.15, 0.2) is 0 Å². The van der Waals surface area contributed by atoms with Crippen molar-refractivity contribution in [3.05, 3.63) is 35.6 Å². The Morgan fingerprint density at radius 2 is 1.44 bits per heavy atom. The molecule has 0 fully saturated rings. The monoisotopic (exact) mass is 238 g/mol. The Balaban J connectivity index is 2.58. The third-order valence-electron chi connectivity index (χ3n) is 4.11. The minimum absolute atomic E-state index is 0.131. The lowest BCUT2D eigenvalue weighted by Crippen LogP contribution is -2.31. The molecule has 0 saturated carbocycles. The molecule has 1 aromatic rings. The van der Waals surface area contributed by atoms with Gasteiger partial charge >= 0.3 is 0 Å². The van der Waals surface area contributed by atoms with Gasteiger partial charge in [-0.05, 0) is 24.1 Å². The lowest BCUT2D eigenvalue weighted by Gasteiger charge is -2.28. The second-order valence-electron chi connectivity index (χ2n) is 4.69. The van der Waals surface area contributed by atoms with Gasteiger partial charge < -0.3 is 0 Å². The van der Waals surface area contributed by atoms with Gasteiger partial charge in [0.05, 0.1) is 8.07 Å². The van der Waals surface area contributed by atoms with Gasteiger partial charge in [0, 0.05) is 0 Å². The highest BCUT2D eigenvalue weighted by Crippen LogP contribution is 2.26. The highest BCUT2D eigenvalue weighted by atomic mass is 28.3. The van der Waals surface area contributed by atoms with Crippen LogP contribution in [-0.2, 0) is 6.42 Å². The van der Waals surface area contributed by atoms with E-state index in [1.165, 1.54) is 29.7 Å². The van der Waals surface area contributed by atoms with E-state index in [9.17, 15) is 4.39 Å². The van der Waals surface area contributed by atoms with Gasteiger partial charge in [-0.15, -0.1) is 0 Å². The fourth-order valence-corrected chi connectivity index (χ4v) is 5.72. The smallest absolute Gasteiger partial charge is 0.123 e. The molecule has 0 heterocycles. The highest BCUT2D eigenvalue weighted by molar-refractivity contribution is 6.79. The maximum Gasteiger partial charge on any atom is 0.123 e. The summed E-state index contributed by atoms with van der Waals surface area (Å²) in [6.07, 6.45) is 1.13. The molecule has 0 unspecified atom stereocenters. The molecule has 0 spiro atoms. The molecule has 0 atom stereocenters. The van der Waals surface area contributed by atoms with Crippen LogP contribution in [0.15, 0.2) is 24.3 Å². The topological polar surface area (TPSA) is 0 Å². The minimum Gasteiger partial charge on any atom is -0.207 e. The molecule has 0 amide bonds. The molecule has 0 bridgehead atoms. The molecule has 90 valence electrons. The van der Waals surface area contributed by atoms with E-state index in [-0.39, 0.29) is 5.82 Å². The van der Waals surface area contributed by atoms with Crippen LogP contribution in [0.2, 0.25) is 24.2 Å². The molecular weight excluding hydrogens is 215 g/mol. The van der Waals surface area contributed by atoms with Crippen molar-refractivity contribution in [2.75, 3.05) is 0 Å². The van der Waals surface area contributed by atoms with Crippen LogP contribution in [-0.4, -0.2) is 8.07 Å². The van der Waals surface area contributed by atoms with E-state index < -0.39 is 8.07 Å². The third-order valence-corrected chi connectivity index (χ3v) is 9.92. The minimum atomic E-state index is -1.01. The SMILES string of the molecule is CC[Si](CC)(CC)CCc1ccc(F)cc1. The van der Waals surface area contributed by atoms with E-state index in [0.29, 0.717) is 0 Å². The van der Waals surface area contributed by atoms with Gasteiger partial charge in [-0.3, -0.25) is 0 Å². The van der Waals surface area contributed by atoms with Crippen LogP contribution in [0.25, 0.3) is 0 Å². The van der Waals surface area contributed by atoms with Gasteiger partial charge in [0.25, 0.3) is 0 Å². The van der Waals surface area contributed by atoms with Crippen LogP contribution in [0.5, 0.6) is 0 Å². The summed E-state index contributed by atoms with van der Waals surface area (Å²) >= 11 is 0. The molecule has 0 nitrogen and oxygen atoms in total. The van der Waals surface area contributed by atoms with Gasteiger partial charge in [0.1, 0.15) is 5.82 Å². The number of hydrogen-bond acceptors (Lipinski definition) is 0. The van der Waals surface area contributed by atoms with Crippen molar-refractivity contribution in [3.63, 3.8) is 0 Å². The number of rotatable bonds is 6. The number of halogens is 1. The molecule has 0 aliphatic rings. The Labute approximate surface area is 99.9 Å². The van der Waals surface area contributed by atoms with Crippen LogP contribution >= 0.6 is 0 Å². The van der Waals surface area contributed by atoms with Gasteiger partial charge in [-0.1, -0.05) is 57.1 Å². The maximum absolute atomic E-state index is 12.8. The Hall–Kier alpha value is -0.633. The molecule has 1 aromatic carbocycles. The van der Waals surface area contributed by atoms with Gasteiger partial charge in [-0.25, -0.2) is 4.39 Å². The highest BCUT2D eigenvalue weighted by Gasteiger charge is 2.25. The van der Waals surface area contributed by atoms with Crippen molar-refractivity contribution in [3.8, 4) is 0 Å². The summed E-state index contributed by atoms with van der Waals surface area (Å²) in [6.45, 7) is 7.01. The molecule has 0 saturated heterocycles. The van der Waals surface area contributed by atoms with Crippen LogP contribution < -0.4 is 0 Å². The van der Waals surface area contributed by atoms with E-state index >= 15 is 0 Å². The molecule has 0 radical (unpaired) electrons.